The summed E-state index contributed by atoms with van der Waals surface area (Å²) in [5.41, 5.74) is 1.55. The van der Waals surface area contributed by atoms with Crippen molar-refractivity contribution in [1.29, 1.82) is 0 Å². The minimum absolute atomic E-state index is 0.0690. The van der Waals surface area contributed by atoms with Gasteiger partial charge in [0.25, 0.3) is 0 Å². The molecule has 2 aromatic carbocycles. The monoisotopic (exact) mass is 424 g/mol. The van der Waals surface area contributed by atoms with Gasteiger partial charge in [-0.05, 0) is 17.7 Å². The SMILES string of the molecule is COC(=O)[C@H](Cc1ccccc1)NC(=O)[C@H]1CC(=O)N(c2ccc3c(c2)OCCO3)C1. The Bertz CT molecular complexity index is 977. The molecule has 2 heterocycles. The lowest BCUT2D eigenvalue weighted by Crippen LogP contribution is -2.46. The molecule has 2 amide bonds. The standard InChI is InChI=1S/C23H24N2O6/c1-29-23(28)18(11-15-5-3-2-4-6-15)24-22(27)16-12-21(26)25(14-16)17-7-8-19-20(13-17)31-10-9-30-19/h2-8,13,16,18H,9-12,14H2,1H3,(H,24,27)/t16-,18-/m0/s1. The highest BCUT2D eigenvalue weighted by atomic mass is 16.6. The summed E-state index contributed by atoms with van der Waals surface area (Å²) in [6.07, 6.45) is 0.380. The molecule has 0 bridgehead atoms. The van der Waals surface area contributed by atoms with Gasteiger partial charge in [0.05, 0.1) is 13.0 Å². The first-order valence-corrected chi connectivity index (χ1v) is 10.2. The molecule has 2 aromatic rings. The Kier molecular flexibility index (Phi) is 6.06. The first-order chi connectivity index (χ1) is 15.0. The molecular formula is C23H24N2O6. The fourth-order valence-electron chi connectivity index (χ4n) is 3.81. The average Bonchev–Trinajstić information content (AvgIpc) is 3.20. The fourth-order valence-corrected chi connectivity index (χ4v) is 3.81. The topological polar surface area (TPSA) is 94.2 Å². The molecule has 8 nitrogen and oxygen atoms in total. The number of methoxy groups -OCH3 is 1. The Morgan fingerprint density at radius 2 is 1.87 bits per heavy atom. The summed E-state index contributed by atoms with van der Waals surface area (Å²) in [7, 11) is 1.29. The normalized spacial score (nSPS) is 18.4. The number of nitrogens with one attached hydrogen (secondary N) is 1. The van der Waals surface area contributed by atoms with Gasteiger partial charge < -0.3 is 24.4 Å². The molecule has 0 aromatic heterocycles. The lowest BCUT2D eigenvalue weighted by Gasteiger charge is -2.22. The minimum atomic E-state index is -0.821. The van der Waals surface area contributed by atoms with Crippen molar-refractivity contribution < 1.29 is 28.6 Å². The smallest absolute Gasteiger partial charge is 0.328 e. The van der Waals surface area contributed by atoms with Crippen molar-refractivity contribution in [2.45, 2.75) is 18.9 Å². The predicted molar refractivity (Wildman–Crippen MR) is 112 cm³/mol. The lowest BCUT2D eigenvalue weighted by molar-refractivity contribution is -0.145. The van der Waals surface area contributed by atoms with Gasteiger partial charge in [0.1, 0.15) is 19.3 Å². The quantitative estimate of drug-likeness (QED) is 0.710. The van der Waals surface area contributed by atoms with E-state index in [9.17, 15) is 14.4 Å². The van der Waals surface area contributed by atoms with E-state index in [-0.39, 0.29) is 24.8 Å². The molecule has 4 rings (SSSR count). The molecule has 0 spiro atoms. The van der Waals surface area contributed by atoms with Crippen molar-refractivity contribution in [3.05, 3.63) is 54.1 Å². The number of nitrogens with zero attached hydrogens (tertiary/aromatic N) is 1. The van der Waals surface area contributed by atoms with Crippen molar-refractivity contribution in [3.8, 4) is 11.5 Å². The maximum atomic E-state index is 12.9. The van der Waals surface area contributed by atoms with Crippen LogP contribution in [-0.4, -0.2) is 50.7 Å². The number of esters is 1. The first kappa shape index (κ1) is 20.7. The zero-order chi connectivity index (χ0) is 21.8. The summed E-state index contributed by atoms with van der Waals surface area (Å²) < 4.78 is 16.0. The van der Waals surface area contributed by atoms with E-state index in [4.69, 9.17) is 14.2 Å². The van der Waals surface area contributed by atoms with Gasteiger partial charge in [0, 0.05) is 31.1 Å². The molecule has 0 radical (unpaired) electrons. The fraction of sp³-hybridized carbons (Fsp3) is 0.348. The van der Waals surface area contributed by atoms with E-state index >= 15 is 0 Å². The third-order valence-corrected chi connectivity index (χ3v) is 5.42. The van der Waals surface area contributed by atoms with E-state index in [1.807, 2.05) is 30.3 Å². The summed E-state index contributed by atoms with van der Waals surface area (Å²) in [5.74, 6) is -0.376. The molecule has 1 fully saturated rings. The zero-order valence-electron chi connectivity index (χ0n) is 17.2. The molecule has 1 saturated heterocycles. The van der Waals surface area contributed by atoms with Gasteiger partial charge in [0.15, 0.2) is 11.5 Å². The lowest BCUT2D eigenvalue weighted by atomic mass is 10.0. The van der Waals surface area contributed by atoms with E-state index in [0.717, 1.165) is 5.56 Å². The van der Waals surface area contributed by atoms with Crippen LogP contribution in [0.15, 0.2) is 48.5 Å². The predicted octanol–water partition coefficient (Wildman–Crippen LogP) is 1.71. The van der Waals surface area contributed by atoms with Gasteiger partial charge in [-0.25, -0.2) is 4.79 Å². The molecule has 0 aliphatic carbocycles. The van der Waals surface area contributed by atoms with Crippen LogP contribution < -0.4 is 19.7 Å². The van der Waals surface area contributed by atoms with Crippen LogP contribution in [0.2, 0.25) is 0 Å². The third kappa shape index (κ3) is 4.63. The number of rotatable bonds is 6. The molecule has 2 aliphatic heterocycles. The van der Waals surface area contributed by atoms with E-state index in [0.29, 0.717) is 36.8 Å². The van der Waals surface area contributed by atoms with E-state index in [1.54, 1.807) is 23.1 Å². The maximum absolute atomic E-state index is 12.9. The third-order valence-electron chi connectivity index (χ3n) is 5.42. The van der Waals surface area contributed by atoms with Crippen molar-refractivity contribution in [3.63, 3.8) is 0 Å². The van der Waals surface area contributed by atoms with Crippen molar-refractivity contribution in [2.24, 2.45) is 5.92 Å². The number of ether oxygens (including phenoxy) is 3. The molecule has 2 atom stereocenters. The van der Waals surface area contributed by atoms with E-state index in [1.165, 1.54) is 7.11 Å². The van der Waals surface area contributed by atoms with Gasteiger partial charge in [0.2, 0.25) is 11.8 Å². The molecule has 0 unspecified atom stereocenters. The molecule has 0 saturated carbocycles. The van der Waals surface area contributed by atoms with Crippen LogP contribution in [0.4, 0.5) is 5.69 Å². The van der Waals surface area contributed by atoms with Crippen LogP contribution in [0, 0.1) is 5.92 Å². The van der Waals surface area contributed by atoms with Gasteiger partial charge >= 0.3 is 5.97 Å². The Labute approximate surface area is 180 Å². The van der Waals surface area contributed by atoms with Gasteiger partial charge in [-0.1, -0.05) is 30.3 Å². The molecular weight excluding hydrogens is 400 g/mol. The highest BCUT2D eigenvalue weighted by molar-refractivity contribution is 6.01. The molecule has 8 heteroatoms. The molecule has 1 N–H and O–H groups in total. The van der Waals surface area contributed by atoms with E-state index < -0.39 is 17.9 Å². The van der Waals surface area contributed by atoms with Crippen LogP contribution in [0.1, 0.15) is 12.0 Å². The number of hydrogen-bond acceptors (Lipinski definition) is 6. The van der Waals surface area contributed by atoms with Crippen LogP contribution in [-0.2, 0) is 25.5 Å². The summed E-state index contributed by atoms with van der Waals surface area (Å²) in [5, 5.41) is 2.76. The summed E-state index contributed by atoms with van der Waals surface area (Å²) in [6, 6.07) is 13.8. The molecule has 31 heavy (non-hydrogen) atoms. The minimum Gasteiger partial charge on any atom is -0.486 e. The number of anilines is 1. The van der Waals surface area contributed by atoms with Gasteiger partial charge in [-0.15, -0.1) is 0 Å². The maximum Gasteiger partial charge on any atom is 0.328 e. The van der Waals surface area contributed by atoms with Crippen molar-refractivity contribution >= 4 is 23.5 Å². The number of hydrogen-bond donors (Lipinski definition) is 1. The Morgan fingerprint density at radius 1 is 1.13 bits per heavy atom. The zero-order valence-corrected chi connectivity index (χ0v) is 17.2. The number of benzene rings is 2. The van der Waals surface area contributed by atoms with Gasteiger partial charge in [-0.3, -0.25) is 9.59 Å². The Morgan fingerprint density at radius 3 is 2.61 bits per heavy atom. The van der Waals surface area contributed by atoms with Crippen LogP contribution in [0.25, 0.3) is 0 Å². The summed E-state index contributed by atoms with van der Waals surface area (Å²) >= 11 is 0. The molecule has 162 valence electrons. The largest absolute Gasteiger partial charge is 0.486 e. The number of carbonyl (C=O) groups is 3. The Balaban J connectivity index is 1.44. The molecule has 2 aliphatic rings. The van der Waals surface area contributed by atoms with Crippen molar-refractivity contribution in [2.75, 3.05) is 31.8 Å². The van der Waals surface area contributed by atoms with Crippen LogP contribution in [0.3, 0.4) is 0 Å². The van der Waals surface area contributed by atoms with Crippen molar-refractivity contribution in [1.82, 2.24) is 5.32 Å². The van der Waals surface area contributed by atoms with Crippen LogP contribution in [0.5, 0.6) is 11.5 Å². The van der Waals surface area contributed by atoms with Crippen LogP contribution >= 0.6 is 0 Å². The summed E-state index contributed by atoms with van der Waals surface area (Å²) in [6.45, 7) is 1.16. The second-order valence-electron chi connectivity index (χ2n) is 7.51. The highest BCUT2D eigenvalue weighted by Crippen LogP contribution is 2.36. The highest BCUT2D eigenvalue weighted by Gasteiger charge is 2.37. The number of carbonyl (C=O) groups excluding carboxylic acids is 3. The number of fused-ring (bicyclic) bond motifs is 1. The van der Waals surface area contributed by atoms with Gasteiger partial charge in [-0.2, -0.15) is 0 Å². The average molecular weight is 424 g/mol. The van der Waals surface area contributed by atoms with E-state index in [2.05, 4.69) is 5.32 Å². The second-order valence-corrected chi connectivity index (χ2v) is 7.51. The first-order valence-electron chi connectivity index (χ1n) is 10.2. The summed E-state index contributed by atoms with van der Waals surface area (Å²) in [4.78, 5) is 39.3. The second kappa shape index (κ2) is 9.07. The Hall–Kier alpha value is -3.55. The number of amides is 2.